The van der Waals surface area contributed by atoms with Crippen molar-refractivity contribution in [2.45, 2.75) is 38.1 Å². The molecule has 0 unspecified atom stereocenters. The van der Waals surface area contributed by atoms with E-state index in [1.165, 1.54) is 32.1 Å². The first-order valence-electron chi connectivity index (χ1n) is 11.2. The number of aromatic nitrogens is 2. The van der Waals surface area contributed by atoms with E-state index in [0.29, 0.717) is 17.7 Å². The van der Waals surface area contributed by atoms with E-state index in [1.54, 1.807) is 6.21 Å². The average Bonchev–Trinajstić information content (AvgIpc) is 3.23. The second-order valence-corrected chi connectivity index (χ2v) is 8.53. The Kier molecular flexibility index (Phi) is 6.82. The van der Waals surface area contributed by atoms with E-state index in [1.807, 2.05) is 18.3 Å². The number of nitrogens with zero attached hydrogens (tertiary/aromatic N) is 5. The fourth-order valence-electron chi connectivity index (χ4n) is 4.26. The third kappa shape index (κ3) is 5.41. The fourth-order valence-corrected chi connectivity index (χ4v) is 4.26. The van der Waals surface area contributed by atoms with E-state index < -0.39 is 0 Å². The summed E-state index contributed by atoms with van der Waals surface area (Å²) in [4.78, 5) is 21.2. The number of likely N-dealkylation sites (N-methyl/N-ethyl adjacent to an activating group) is 1. The summed E-state index contributed by atoms with van der Waals surface area (Å²) in [5.74, 6) is 1.37. The van der Waals surface area contributed by atoms with Crippen LogP contribution in [0.4, 0.5) is 17.3 Å². The third-order valence-corrected chi connectivity index (χ3v) is 6.23. The Morgan fingerprint density at radius 1 is 1.19 bits per heavy atom. The summed E-state index contributed by atoms with van der Waals surface area (Å²) in [7, 11) is 2.16. The summed E-state index contributed by atoms with van der Waals surface area (Å²) in [6, 6.07) is 6.58. The van der Waals surface area contributed by atoms with E-state index in [9.17, 15) is 0 Å². The van der Waals surface area contributed by atoms with Crippen molar-refractivity contribution < 1.29 is 0 Å². The average molecular weight is 420 g/mol. The van der Waals surface area contributed by atoms with Crippen LogP contribution in [-0.4, -0.2) is 67.1 Å². The molecule has 1 aliphatic heterocycles. The molecule has 7 nitrogen and oxygen atoms in total. The molecule has 1 aliphatic carbocycles. The minimum Gasteiger partial charge on any atom is -0.381 e. The molecule has 2 fully saturated rings. The van der Waals surface area contributed by atoms with Crippen LogP contribution in [0.15, 0.2) is 41.0 Å². The summed E-state index contributed by atoms with van der Waals surface area (Å²) >= 11 is 0. The maximum absolute atomic E-state index is 4.55. The molecule has 2 aliphatic rings. The molecule has 1 saturated heterocycles. The van der Waals surface area contributed by atoms with Crippen LogP contribution in [0.25, 0.3) is 5.70 Å². The maximum atomic E-state index is 4.55. The Bertz CT molecular complexity index is 914. The van der Waals surface area contributed by atoms with Crippen LogP contribution in [-0.2, 0) is 0 Å². The SMILES string of the molecule is C=Nc1[nH]c(C(=C)NC2CCCCC2)cc1C=Nc1ccc(N2CCN(C)CC2)cn1. The predicted octanol–water partition coefficient (Wildman–Crippen LogP) is 4.14. The van der Waals surface area contributed by atoms with Gasteiger partial charge in [-0.05, 0) is 44.8 Å². The molecule has 0 aromatic carbocycles. The van der Waals surface area contributed by atoms with Gasteiger partial charge < -0.3 is 20.1 Å². The van der Waals surface area contributed by atoms with Crippen molar-refractivity contribution in [2.24, 2.45) is 9.98 Å². The summed E-state index contributed by atoms with van der Waals surface area (Å²) in [5, 5.41) is 3.56. The first-order valence-corrected chi connectivity index (χ1v) is 11.2. The van der Waals surface area contributed by atoms with Crippen molar-refractivity contribution in [2.75, 3.05) is 38.1 Å². The zero-order chi connectivity index (χ0) is 21.6. The van der Waals surface area contributed by atoms with Gasteiger partial charge in [0.05, 0.1) is 23.3 Å². The molecular formula is C24H33N7. The lowest BCUT2D eigenvalue weighted by atomic mass is 9.95. The topological polar surface area (TPSA) is 71.9 Å². The van der Waals surface area contributed by atoms with Crippen molar-refractivity contribution in [3.05, 3.63) is 42.2 Å². The fraction of sp³-hybridized carbons (Fsp3) is 0.458. The monoisotopic (exact) mass is 419 g/mol. The summed E-state index contributed by atoms with van der Waals surface area (Å²) < 4.78 is 0. The first kappa shape index (κ1) is 21.3. The molecule has 1 saturated carbocycles. The lowest BCUT2D eigenvalue weighted by molar-refractivity contribution is 0.313. The van der Waals surface area contributed by atoms with Crippen LogP contribution in [0.2, 0.25) is 0 Å². The molecule has 4 rings (SSSR count). The molecule has 0 radical (unpaired) electrons. The molecule has 3 heterocycles. The highest BCUT2D eigenvalue weighted by molar-refractivity contribution is 5.89. The lowest BCUT2D eigenvalue weighted by Crippen LogP contribution is -2.44. The number of aliphatic imine (C=N–C) groups is 2. The molecular weight excluding hydrogens is 386 g/mol. The Hall–Kier alpha value is -2.93. The highest BCUT2D eigenvalue weighted by atomic mass is 15.2. The van der Waals surface area contributed by atoms with Gasteiger partial charge in [0.1, 0.15) is 5.82 Å². The zero-order valence-corrected chi connectivity index (χ0v) is 18.5. The van der Waals surface area contributed by atoms with E-state index in [0.717, 1.165) is 48.8 Å². The minimum absolute atomic E-state index is 0.504. The number of nitrogens with one attached hydrogen (secondary N) is 2. The van der Waals surface area contributed by atoms with E-state index >= 15 is 0 Å². The third-order valence-electron chi connectivity index (χ3n) is 6.23. The highest BCUT2D eigenvalue weighted by Crippen LogP contribution is 2.25. The zero-order valence-electron chi connectivity index (χ0n) is 18.5. The van der Waals surface area contributed by atoms with E-state index in [4.69, 9.17) is 0 Å². The molecule has 0 amide bonds. The van der Waals surface area contributed by atoms with Crippen LogP contribution in [0.1, 0.15) is 43.4 Å². The van der Waals surface area contributed by atoms with Crippen LogP contribution >= 0.6 is 0 Å². The molecule has 0 atom stereocenters. The van der Waals surface area contributed by atoms with Gasteiger partial charge in [-0.3, -0.25) is 0 Å². The number of pyridine rings is 1. The number of H-pyrrole nitrogens is 1. The smallest absolute Gasteiger partial charge is 0.151 e. The van der Waals surface area contributed by atoms with Gasteiger partial charge >= 0.3 is 0 Å². The van der Waals surface area contributed by atoms with Crippen molar-refractivity contribution in [1.82, 2.24) is 20.2 Å². The van der Waals surface area contributed by atoms with Crippen LogP contribution < -0.4 is 10.2 Å². The number of piperazine rings is 1. The van der Waals surface area contributed by atoms with Gasteiger partial charge in [-0.2, -0.15) is 0 Å². The predicted molar refractivity (Wildman–Crippen MR) is 130 cm³/mol. The lowest BCUT2D eigenvalue weighted by Gasteiger charge is -2.33. The minimum atomic E-state index is 0.504. The van der Waals surface area contributed by atoms with E-state index in [-0.39, 0.29) is 0 Å². The molecule has 2 N–H and O–H groups in total. The Morgan fingerprint density at radius 2 is 1.97 bits per heavy atom. The number of anilines is 1. The summed E-state index contributed by atoms with van der Waals surface area (Å²) in [5.41, 5.74) is 3.84. The number of aromatic amines is 1. The van der Waals surface area contributed by atoms with Crippen molar-refractivity contribution >= 4 is 36.0 Å². The Morgan fingerprint density at radius 3 is 2.65 bits per heavy atom. The molecule has 0 bridgehead atoms. The van der Waals surface area contributed by atoms with Gasteiger partial charge in [0.15, 0.2) is 5.82 Å². The van der Waals surface area contributed by atoms with Gasteiger partial charge in [0.2, 0.25) is 0 Å². The van der Waals surface area contributed by atoms with Gasteiger partial charge in [-0.15, -0.1) is 0 Å². The van der Waals surface area contributed by atoms with Crippen LogP contribution in [0.5, 0.6) is 0 Å². The largest absolute Gasteiger partial charge is 0.381 e. The highest BCUT2D eigenvalue weighted by Gasteiger charge is 2.16. The van der Waals surface area contributed by atoms with Crippen molar-refractivity contribution in [1.29, 1.82) is 0 Å². The van der Waals surface area contributed by atoms with Crippen molar-refractivity contribution in [3.63, 3.8) is 0 Å². The number of hydrogen-bond acceptors (Lipinski definition) is 6. The molecule has 2 aromatic heterocycles. The van der Waals surface area contributed by atoms with Gasteiger partial charge in [0.25, 0.3) is 0 Å². The number of hydrogen-bond donors (Lipinski definition) is 2. The Labute approximate surface area is 185 Å². The molecule has 2 aromatic rings. The molecule has 164 valence electrons. The van der Waals surface area contributed by atoms with Gasteiger partial charge in [0, 0.05) is 44.0 Å². The summed E-state index contributed by atoms with van der Waals surface area (Å²) in [6.07, 6.45) is 10.0. The second-order valence-electron chi connectivity index (χ2n) is 8.53. The van der Waals surface area contributed by atoms with Gasteiger partial charge in [-0.1, -0.05) is 25.8 Å². The van der Waals surface area contributed by atoms with E-state index in [2.05, 4.69) is 61.5 Å². The molecule has 31 heavy (non-hydrogen) atoms. The number of rotatable bonds is 7. The maximum Gasteiger partial charge on any atom is 0.151 e. The van der Waals surface area contributed by atoms with Crippen molar-refractivity contribution in [3.8, 4) is 0 Å². The quantitative estimate of drug-likeness (QED) is 0.662. The van der Waals surface area contributed by atoms with Crippen LogP contribution in [0, 0.1) is 0 Å². The molecule has 0 spiro atoms. The van der Waals surface area contributed by atoms with Crippen LogP contribution in [0.3, 0.4) is 0 Å². The van der Waals surface area contributed by atoms with Gasteiger partial charge in [-0.25, -0.2) is 15.0 Å². The molecule has 7 heteroatoms. The Balaban J connectivity index is 1.41. The normalized spacial score (nSPS) is 18.4. The standard InChI is InChI=1S/C24H33N7/c1-18(28-20-7-5-4-6-8-20)22-15-19(24(25-2)29-22)16-26-23-10-9-21(17-27-23)31-13-11-30(3)12-14-31/h9-10,15-17,20,28-29H,1-2,4-8,11-14H2,3H3. The second kappa shape index (κ2) is 9.92. The first-order chi connectivity index (χ1) is 15.1. The summed E-state index contributed by atoms with van der Waals surface area (Å²) in [6.45, 7) is 12.1.